The number of rotatable bonds is 2. The lowest BCUT2D eigenvalue weighted by Crippen LogP contribution is -2.23. The quantitative estimate of drug-likeness (QED) is 0.781. The molecule has 0 saturated heterocycles. The van der Waals surface area contributed by atoms with E-state index in [-0.39, 0.29) is 0 Å². The summed E-state index contributed by atoms with van der Waals surface area (Å²) in [6.07, 6.45) is 2.59. The Hall–Kier alpha value is -0.500. The van der Waals surface area contributed by atoms with Crippen molar-refractivity contribution in [1.82, 2.24) is 0 Å². The van der Waals surface area contributed by atoms with E-state index in [0.717, 1.165) is 5.92 Å². The first-order valence-corrected chi connectivity index (χ1v) is 7.61. The van der Waals surface area contributed by atoms with Crippen molar-refractivity contribution in [3.8, 4) is 0 Å². The number of hydrogen-bond acceptors (Lipinski definition) is 1. The van der Waals surface area contributed by atoms with E-state index in [9.17, 15) is 0 Å². The molecule has 1 aliphatic carbocycles. The molecule has 0 bridgehead atoms. The van der Waals surface area contributed by atoms with Crippen LogP contribution in [0.3, 0.4) is 0 Å². The average Bonchev–Trinajstić information content (AvgIpc) is 2.45. The first kappa shape index (κ1) is 13.9. The molecule has 0 aromatic heterocycles. The molecule has 1 aliphatic rings. The number of benzene rings is 1. The third kappa shape index (κ3) is 2.90. The van der Waals surface area contributed by atoms with Gasteiger partial charge in [0.1, 0.15) is 0 Å². The monoisotopic (exact) mass is 309 g/mol. The molecule has 1 N–H and O–H groups in total. The predicted octanol–water partition coefficient (Wildman–Crippen LogP) is 5.30. The van der Waals surface area contributed by atoms with Crippen molar-refractivity contribution in [2.24, 2.45) is 11.3 Å². The van der Waals surface area contributed by atoms with E-state index < -0.39 is 0 Å². The summed E-state index contributed by atoms with van der Waals surface area (Å²) in [5.41, 5.74) is 4.47. The fraction of sp³-hybridized carbons (Fsp3) is 0.625. The lowest BCUT2D eigenvalue weighted by Gasteiger charge is -2.23. The van der Waals surface area contributed by atoms with Gasteiger partial charge in [0.25, 0.3) is 0 Å². The number of anilines is 1. The van der Waals surface area contributed by atoms with Crippen LogP contribution in [0.5, 0.6) is 0 Å². The van der Waals surface area contributed by atoms with Crippen LogP contribution in [0.4, 0.5) is 5.69 Å². The summed E-state index contributed by atoms with van der Waals surface area (Å²) in [6, 6.07) is 5.00. The van der Waals surface area contributed by atoms with Gasteiger partial charge in [-0.15, -0.1) is 0 Å². The van der Waals surface area contributed by atoms with E-state index in [1.54, 1.807) is 0 Å². The van der Waals surface area contributed by atoms with Gasteiger partial charge in [0, 0.05) is 16.2 Å². The minimum absolute atomic E-state index is 0.480. The van der Waals surface area contributed by atoms with Crippen LogP contribution >= 0.6 is 15.9 Å². The topological polar surface area (TPSA) is 12.0 Å². The molecule has 0 radical (unpaired) electrons. The van der Waals surface area contributed by atoms with Crippen LogP contribution in [0.1, 0.15) is 44.7 Å². The number of halogens is 1. The molecule has 1 aromatic carbocycles. The van der Waals surface area contributed by atoms with Gasteiger partial charge in [-0.05, 0) is 61.3 Å². The summed E-state index contributed by atoms with van der Waals surface area (Å²) < 4.78 is 1.17. The van der Waals surface area contributed by atoms with E-state index in [1.165, 1.54) is 34.1 Å². The van der Waals surface area contributed by atoms with Crippen LogP contribution < -0.4 is 5.32 Å². The highest BCUT2D eigenvalue weighted by Crippen LogP contribution is 2.42. The molecule has 1 nitrogen and oxygen atoms in total. The van der Waals surface area contributed by atoms with Crippen LogP contribution in [0, 0.1) is 25.2 Å². The molecule has 2 heteroatoms. The van der Waals surface area contributed by atoms with Gasteiger partial charge in [-0.2, -0.15) is 0 Å². The minimum Gasteiger partial charge on any atom is -0.382 e. The molecule has 0 heterocycles. The summed E-state index contributed by atoms with van der Waals surface area (Å²) in [5, 5.41) is 3.79. The normalized spacial score (nSPS) is 26.3. The molecule has 1 fully saturated rings. The minimum atomic E-state index is 0.480. The van der Waals surface area contributed by atoms with E-state index in [0.29, 0.717) is 11.5 Å². The number of hydrogen-bond donors (Lipinski definition) is 1. The Morgan fingerprint density at radius 1 is 1.17 bits per heavy atom. The van der Waals surface area contributed by atoms with E-state index in [4.69, 9.17) is 0 Å². The molecular formula is C16H24BrN. The van der Waals surface area contributed by atoms with Crippen molar-refractivity contribution in [1.29, 1.82) is 0 Å². The second-order valence-electron chi connectivity index (χ2n) is 6.72. The van der Waals surface area contributed by atoms with Crippen molar-refractivity contribution >= 4 is 21.6 Å². The van der Waals surface area contributed by atoms with Crippen LogP contribution in [-0.2, 0) is 0 Å². The number of aryl methyl sites for hydroxylation is 2. The molecule has 2 unspecified atom stereocenters. The molecule has 1 saturated carbocycles. The SMILES string of the molecule is Cc1cc(Br)cc(C)c1NC1CC(C)(C)CC1C. The van der Waals surface area contributed by atoms with Gasteiger partial charge in [0.05, 0.1) is 0 Å². The third-order valence-corrected chi connectivity index (χ3v) is 4.62. The lowest BCUT2D eigenvalue weighted by atomic mass is 9.91. The molecule has 0 spiro atoms. The largest absolute Gasteiger partial charge is 0.382 e. The zero-order valence-corrected chi connectivity index (χ0v) is 13.7. The summed E-state index contributed by atoms with van der Waals surface area (Å²) in [5.74, 6) is 0.752. The Bertz CT molecular complexity index is 427. The molecule has 100 valence electrons. The summed E-state index contributed by atoms with van der Waals surface area (Å²) in [4.78, 5) is 0. The molecular weight excluding hydrogens is 286 g/mol. The van der Waals surface area contributed by atoms with Crippen LogP contribution in [-0.4, -0.2) is 6.04 Å². The van der Waals surface area contributed by atoms with Gasteiger partial charge in [0.15, 0.2) is 0 Å². The number of nitrogens with one attached hydrogen (secondary N) is 1. The predicted molar refractivity (Wildman–Crippen MR) is 83.2 cm³/mol. The van der Waals surface area contributed by atoms with Crippen molar-refractivity contribution in [3.05, 3.63) is 27.7 Å². The molecule has 0 aliphatic heterocycles. The molecule has 0 amide bonds. The maximum atomic E-state index is 3.79. The lowest BCUT2D eigenvalue weighted by molar-refractivity contribution is 0.366. The Kier molecular flexibility index (Phi) is 3.77. The molecule has 2 rings (SSSR count). The van der Waals surface area contributed by atoms with Gasteiger partial charge in [-0.3, -0.25) is 0 Å². The first-order valence-electron chi connectivity index (χ1n) is 6.82. The van der Waals surface area contributed by atoms with E-state index >= 15 is 0 Å². The summed E-state index contributed by atoms with van der Waals surface area (Å²) in [7, 11) is 0. The van der Waals surface area contributed by atoms with Crippen molar-refractivity contribution in [3.63, 3.8) is 0 Å². The Balaban J connectivity index is 2.20. The molecule has 18 heavy (non-hydrogen) atoms. The Morgan fingerprint density at radius 2 is 1.72 bits per heavy atom. The highest BCUT2D eigenvalue weighted by Gasteiger charge is 2.36. The van der Waals surface area contributed by atoms with Gasteiger partial charge in [-0.25, -0.2) is 0 Å². The zero-order chi connectivity index (χ0) is 13.5. The smallest absolute Gasteiger partial charge is 0.0402 e. The fourth-order valence-corrected chi connectivity index (χ4v) is 4.10. The van der Waals surface area contributed by atoms with E-state index in [1.807, 2.05) is 0 Å². The maximum absolute atomic E-state index is 3.79. The summed E-state index contributed by atoms with van der Waals surface area (Å²) >= 11 is 3.56. The zero-order valence-electron chi connectivity index (χ0n) is 12.1. The van der Waals surface area contributed by atoms with Gasteiger partial charge in [-0.1, -0.05) is 36.7 Å². The standard InChI is InChI=1S/C16H24BrN/c1-10-6-13(17)7-11(2)15(10)18-14-9-16(4,5)8-12(14)3/h6-7,12,14,18H,8-9H2,1-5H3. The third-order valence-electron chi connectivity index (χ3n) is 4.16. The maximum Gasteiger partial charge on any atom is 0.0402 e. The highest BCUT2D eigenvalue weighted by molar-refractivity contribution is 9.10. The first-order chi connectivity index (χ1) is 8.28. The highest BCUT2D eigenvalue weighted by atomic mass is 79.9. The van der Waals surface area contributed by atoms with Gasteiger partial charge >= 0.3 is 0 Å². The second kappa shape index (κ2) is 4.88. The fourth-order valence-electron chi connectivity index (χ4n) is 3.41. The Labute approximate surface area is 119 Å². The van der Waals surface area contributed by atoms with Crippen molar-refractivity contribution in [2.75, 3.05) is 5.32 Å². The van der Waals surface area contributed by atoms with Crippen molar-refractivity contribution in [2.45, 2.75) is 53.5 Å². The van der Waals surface area contributed by atoms with E-state index in [2.05, 4.69) is 68.0 Å². The molecule has 2 atom stereocenters. The van der Waals surface area contributed by atoms with Crippen LogP contribution in [0.2, 0.25) is 0 Å². The van der Waals surface area contributed by atoms with Crippen LogP contribution in [0.15, 0.2) is 16.6 Å². The summed E-state index contributed by atoms with van der Waals surface area (Å²) in [6.45, 7) is 11.5. The average molecular weight is 310 g/mol. The molecule has 1 aromatic rings. The Morgan fingerprint density at radius 3 is 2.17 bits per heavy atom. The second-order valence-corrected chi connectivity index (χ2v) is 7.63. The van der Waals surface area contributed by atoms with Crippen molar-refractivity contribution < 1.29 is 0 Å². The van der Waals surface area contributed by atoms with Gasteiger partial charge in [0.2, 0.25) is 0 Å². The van der Waals surface area contributed by atoms with Crippen LogP contribution in [0.25, 0.3) is 0 Å². The van der Waals surface area contributed by atoms with Gasteiger partial charge < -0.3 is 5.32 Å².